The summed E-state index contributed by atoms with van der Waals surface area (Å²) >= 11 is 0. The average molecular weight is 496 g/mol. The molecule has 0 bridgehead atoms. The van der Waals surface area contributed by atoms with Crippen LogP contribution in [0.5, 0.6) is 5.75 Å². The van der Waals surface area contributed by atoms with Gasteiger partial charge in [0.1, 0.15) is 25.0 Å². The molecule has 0 aliphatic carbocycles. The van der Waals surface area contributed by atoms with Crippen molar-refractivity contribution in [3.8, 4) is 5.75 Å². The SMILES string of the molecule is CC1=C(C(=O)OCc2ccccc2)C(c2ccc(OCc3cc(C)c(C)cc3C)cc2)n2nnnc2N1. The second-order valence-electron chi connectivity index (χ2n) is 9.30. The number of ether oxygens (including phenoxy) is 2. The van der Waals surface area contributed by atoms with E-state index in [1.807, 2.05) is 61.5 Å². The number of rotatable bonds is 7. The summed E-state index contributed by atoms with van der Waals surface area (Å²) in [6, 6.07) is 21.1. The lowest BCUT2D eigenvalue weighted by Crippen LogP contribution is -2.29. The van der Waals surface area contributed by atoms with Gasteiger partial charge < -0.3 is 14.8 Å². The molecule has 37 heavy (non-hydrogen) atoms. The fraction of sp³-hybridized carbons (Fsp3) is 0.241. The highest BCUT2D eigenvalue weighted by molar-refractivity contribution is 5.92. The zero-order valence-electron chi connectivity index (χ0n) is 21.4. The number of carbonyl (C=O) groups is 1. The average Bonchev–Trinajstić information content (AvgIpc) is 3.37. The maximum Gasteiger partial charge on any atom is 0.338 e. The second kappa shape index (κ2) is 10.3. The predicted molar refractivity (Wildman–Crippen MR) is 140 cm³/mol. The Morgan fingerprint density at radius 1 is 0.919 bits per heavy atom. The second-order valence-corrected chi connectivity index (χ2v) is 9.30. The molecule has 0 fully saturated rings. The van der Waals surface area contributed by atoms with Crippen molar-refractivity contribution in [3.63, 3.8) is 0 Å². The number of nitrogens with zero attached hydrogens (tertiary/aromatic N) is 4. The zero-order valence-corrected chi connectivity index (χ0v) is 21.4. The molecule has 1 atom stereocenters. The number of hydrogen-bond donors (Lipinski definition) is 1. The minimum atomic E-state index is -0.537. The molecule has 4 aromatic rings. The summed E-state index contributed by atoms with van der Waals surface area (Å²) in [6.45, 7) is 8.81. The minimum Gasteiger partial charge on any atom is -0.489 e. The van der Waals surface area contributed by atoms with Crippen molar-refractivity contribution in [1.29, 1.82) is 0 Å². The first-order chi connectivity index (χ1) is 17.9. The van der Waals surface area contributed by atoms with E-state index in [0.717, 1.165) is 22.4 Å². The Kier molecular flexibility index (Phi) is 6.72. The number of allylic oxidation sites excluding steroid dienone is 1. The first kappa shape index (κ1) is 24.2. The number of tetrazole rings is 1. The topological polar surface area (TPSA) is 91.2 Å². The van der Waals surface area contributed by atoms with E-state index in [4.69, 9.17) is 9.47 Å². The van der Waals surface area contributed by atoms with Crippen molar-refractivity contribution in [3.05, 3.63) is 111 Å². The van der Waals surface area contributed by atoms with E-state index in [-0.39, 0.29) is 6.61 Å². The number of esters is 1. The molecule has 2 heterocycles. The Labute approximate surface area is 215 Å². The third kappa shape index (κ3) is 5.09. The van der Waals surface area contributed by atoms with Crippen LogP contribution in [0.3, 0.4) is 0 Å². The maximum atomic E-state index is 13.3. The van der Waals surface area contributed by atoms with Gasteiger partial charge in [-0.3, -0.25) is 0 Å². The van der Waals surface area contributed by atoms with E-state index in [2.05, 4.69) is 53.7 Å². The van der Waals surface area contributed by atoms with Crippen LogP contribution in [-0.4, -0.2) is 26.2 Å². The van der Waals surface area contributed by atoms with Crippen LogP contribution in [0.2, 0.25) is 0 Å². The third-order valence-electron chi connectivity index (χ3n) is 6.69. The van der Waals surface area contributed by atoms with Crippen molar-refractivity contribution in [1.82, 2.24) is 20.2 Å². The zero-order chi connectivity index (χ0) is 25.9. The predicted octanol–water partition coefficient (Wildman–Crippen LogP) is 5.21. The fourth-order valence-corrected chi connectivity index (χ4v) is 4.47. The van der Waals surface area contributed by atoms with E-state index < -0.39 is 12.0 Å². The van der Waals surface area contributed by atoms with E-state index in [1.165, 1.54) is 16.7 Å². The molecule has 0 saturated heterocycles. The van der Waals surface area contributed by atoms with Crippen LogP contribution in [0.25, 0.3) is 0 Å². The van der Waals surface area contributed by atoms with Gasteiger partial charge in [-0.1, -0.05) is 59.7 Å². The molecule has 0 saturated carbocycles. The Hall–Kier alpha value is -4.46. The molecule has 0 amide bonds. The van der Waals surface area contributed by atoms with Crippen molar-refractivity contribution < 1.29 is 14.3 Å². The molecular formula is C29H29N5O3. The van der Waals surface area contributed by atoms with Crippen LogP contribution in [-0.2, 0) is 22.7 Å². The van der Waals surface area contributed by atoms with Crippen LogP contribution in [0, 0.1) is 20.8 Å². The van der Waals surface area contributed by atoms with Gasteiger partial charge in [0.25, 0.3) is 0 Å². The Morgan fingerprint density at radius 3 is 2.41 bits per heavy atom. The minimum absolute atomic E-state index is 0.177. The number of carbonyl (C=O) groups excluding carboxylic acids is 1. The van der Waals surface area contributed by atoms with E-state index in [0.29, 0.717) is 23.8 Å². The molecule has 1 unspecified atom stereocenters. The van der Waals surface area contributed by atoms with E-state index in [9.17, 15) is 4.79 Å². The van der Waals surface area contributed by atoms with Gasteiger partial charge in [0.05, 0.1) is 5.57 Å². The molecule has 1 N–H and O–H groups in total. The molecule has 5 rings (SSSR count). The highest BCUT2D eigenvalue weighted by Gasteiger charge is 2.35. The van der Waals surface area contributed by atoms with Gasteiger partial charge in [-0.05, 0) is 83.6 Å². The highest BCUT2D eigenvalue weighted by Crippen LogP contribution is 2.35. The number of anilines is 1. The summed E-state index contributed by atoms with van der Waals surface area (Å²) in [5.41, 5.74) is 7.75. The van der Waals surface area contributed by atoms with Crippen molar-refractivity contribution in [2.75, 3.05) is 5.32 Å². The van der Waals surface area contributed by atoms with Gasteiger partial charge in [-0.25, -0.2) is 4.79 Å². The molecule has 0 spiro atoms. The number of fused-ring (bicyclic) bond motifs is 1. The molecule has 8 heteroatoms. The Bertz CT molecular complexity index is 1460. The lowest BCUT2D eigenvalue weighted by Gasteiger charge is -2.27. The molecule has 188 valence electrons. The third-order valence-corrected chi connectivity index (χ3v) is 6.69. The molecule has 3 aromatic carbocycles. The Morgan fingerprint density at radius 2 is 1.65 bits per heavy atom. The quantitative estimate of drug-likeness (QED) is 0.352. The first-order valence-corrected chi connectivity index (χ1v) is 12.2. The maximum absolute atomic E-state index is 13.3. The van der Waals surface area contributed by atoms with Gasteiger partial charge in [0.2, 0.25) is 5.95 Å². The van der Waals surface area contributed by atoms with Crippen LogP contribution >= 0.6 is 0 Å². The lowest BCUT2D eigenvalue weighted by molar-refractivity contribution is -0.140. The fourth-order valence-electron chi connectivity index (χ4n) is 4.47. The van der Waals surface area contributed by atoms with Crippen molar-refractivity contribution in [2.45, 2.75) is 47.0 Å². The molecule has 0 radical (unpaired) electrons. The number of aromatic nitrogens is 4. The normalized spacial score (nSPS) is 14.6. The van der Waals surface area contributed by atoms with Crippen LogP contribution in [0.4, 0.5) is 5.95 Å². The highest BCUT2D eigenvalue weighted by atomic mass is 16.5. The molecule has 1 aliphatic heterocycles. The Balaban J connectivity index is 1.37. The summed E-state index contributed by atoms with van der Waals surface area (Å²) in [4.78, 5) is 13.3. The van der Waals surface area contributed by atoms with Gasteiger partial charge in [0, 0.05) is 5.70 Å². The smallest absolute Gasteiger partial charge is 0.338 e. The summed E-state index contributed by atoms with van der Waals surface area (Å²) in [5, 5.41) is 15.1. The van der Waals surface area contributed by atoms with Gasteiger partial charge in [-0.15, -0.1) is 0 Å². The summed E-state index contributed by atoms with van der Waals surface area (Å²) in [6.07, 6.45) is 0. The largest absolute Gasteiger partial charge is 0.489 e. The van der Waals surface area contributed by atoms with Gasteiger partial charge >= 0.3 is 5.97 Å². The molecule has 8 nitrogen and oxygen atoms in total. The monoisotopic (exact) mass is 495 g/mol. The number of benzene rings is 3. The molecule has 1 aliphatic rings. The van der Waals surface area contributed by atoms with Crippen molar-refractivity contribution in [2.24, 2.45) is 0 Å². The lowest BCUT2D eigenvalue weighted by atomic mass is 9.95. The number of nitrogens with one attached hydrogen (secondary N) is 1. The van der Waals surface area contributed by atoms with Crippen LogP contribution in [0.15, 0.2) is 78.0 Å². The number of aryl methyl sites for hydroxylation is 3. The van der Waals surface area contributed by atoms with Crippen LogP contribution in [0.1, 0.15) is 46.3 Å². The van der Waals surface area contributed by atoms with Gasteiger partial charge in [-0.2, -0.15) is 4.68 Å². The number of hydrogen-bond acceptors (Lipinski definition) is 7. The summed E-state index contributed by atoms with van der Waals surface area (Å²) in [5.74, 6) is 0.777. The van der Waals surface area contributed by atoms with Crippen molar-refractivity contribution >= 4 is 11.9 Å². The molecular weight excluding hydrogens is 466 g/mol. The summed E-state index contributed by atoms with van der Waals surface area (Å²) in [7, 11) is 0. The van der Waals surface area contributed by atoms with Crippen LogP contribution < -0.4 is 10.1 Å². The first-order valence-electron chi connectivity index (χ1n) is 12.2. The van der Waals surface area contributed by atoms with E-state index in [1.54, 1.807) is 4.68 Å². The summed E-state index contributed by atoms with van der Waals surface area (Å²) < 4.78 is 13.4. The standard InChI is InChI=1S/C29H29N5O3/c1-18-14-20(3)24(15-19(18)2)17-36-25-12-10-23(11-13-25)27-26(21(4)30-29-31-32-33-34(27)29)28(35)37-16-22-8-6-5-7-9-22/h5-15,27H,16-17H2,1-4H3,(H,30,31,33). The van der Waals surface area contributed by atoms with E-state index >= 15 is 0 Å². The van der Waals surface area contributed by atoms with Gasteiger partial charge in [0.15, 0.2) is 0 Å². The molecule has 1 aromatic heterocycles.